The van der Waals surface area contributed by atoms with Crippen molar-refractivity contribution >= 4 is 15.7 Å². The Morgan fingerprint density at radius 2 is 1.84 bits per heavy atom. The summed E-state index contributed by atoms with van der Waals surface area (Å²) in [5, 5.41) is 18.8. The topological polar surface area (TPSA) is 126 Å². The Hall–Kier alpha value is -2.49. The first-order valence-electron chi connectivity index (χ1n) is 10.0. The van der Waals surface area contributed by atoms with E-state index in [2.05, 4.69) is 0 Å². The number of carbonyl (C=O) groups is 1. The molecule has 3 N–H and O–H groups in total. The maximum atomic E-state index is 12.6. The minimum atomic E-state index is -3.83. The second kappa shape index (κ2) is 8.22. The number of nitrogens with zero attached hydrogens (tertiary/aromatic N) is 1. The molecule has 1 fully saturated rings. The van der Waals surface area contributed by atoms with E-state index in [1.807, 2.05) is 31.2 Å². The van der Waals surface area contributed by atoms with Crippen LogP contribution in [0.5, 0.6) is 0 Å². The first-order valence-corrected chi connectivity index (χ1v) is 11.9. The molecule has 168 valence electrons. The summed E-state index contributed by atoms with van der Waals surface area (Å²) in [6, 6.07) is 11.1. The molecule has 1 aromatic heterocycles. The van der Waals surface area contributed by atoms with Crippen LogP contribution in [0.4, 0.5) is 0 Å². The van der Waals surface area contributed by atoms with Gasteiger partial charge in [-0.3, -0.25) is 14.8 Å². The van der Waals surface area contributed by atoms with Gasteiger partial charge in [0.25, 0.3) is 11.5 Å². The van der Waals surface area contributed by atoms with Crippen LogP contribution in [0.1, 0.15) is 44.6 Å². The molecular formula is C22H28N2O6S. The lowest BCUT2D eigenvalue weighted by atomic mass is 9.69. The molecule has 1 aliphatic rings. The first kappa shape index (κ1) is 23.2. The Labute approximate surface area is 181 Å². The molecule has 3 rings (SSSR count). The average Bonchev–Trinajstić information content (AvgIpc) is 2.69. The third-order valence-electron chi connectivity index (χ3n) is 6.31. The van der Waals surface area contributed by atoms with E-state index in [1.54, 1.807) is 12.3 Å². The van der Waals surface area contributed by atoms with Gasteiger partial charge in [-0.1, -0.05) is 24.3 Å². The SMILES string of the molecule is C[C@@](CCn1ccc(-c2ccc([C@H]3C[C@](C)(O)C3)cc2)cc1=O)(C(=O)NO)S(C)(=O)=O. The molecule has 31 heavy (non-hydrogen) atoms. The first-order chi connectivity index (χ1) is 14.4. The summed E-state index contributed by atoms with van der Waals surface area (Å²) in [4.78, 5) is 24.5. The molecule has 1 heterocycles. The monoisotopic (exact) mass is 448 g/mol. The van der Waals surface area contributed by atoms with Crippen molar-refractivity contribution in [2.45, 2.75) is 55.9 Å². The van der Waals surface area contributed by atoms with Crippen molar-refractivity contribution in [1.29, 1.82) is 0 Å². The van der Waals surface area contributed by atoms with E-state index in [9.17, 15) is 23.1 Å². The van der Waals surface area contributed by atoms with Crippen LogP contribution in [-0.2, 0) is 21.2 Å². The van der Waals surface area contributed by atoms with Crippen molar-refractivity contribution in [1.82, 2.24) is 10.0 Å². The van der Waals surface area contributed by atoms with Crippen LogP contribution >= 0.6 is 0 Å². The Bertz CT molecular complexity index is 1130. The zero-order valence-electron chi connectivity index (χ0n) is 17.8. The highest BCUT2D eigenvalue weighted by Gasteiger charge is 2.43. The van der Waals surface area contributed by atoms with Crippen molar-refractivity contribution in [3.8, 4) is 11.1 Å². The fourth-order valence-corrected chi connectivity index (χ4v) is 4.82. The molecular weight excluding hydrogens is 420 g/mol. The third-order valence-corrected chi connectivity index (χ3v) is 8.34. The quantitative estimate of drug-likeness (QED) is 0.438. The van der Waals surface area contributed by atoms with E-state index >= 15 is 0 Å². The fraction of sp³-hybridized carbons (Fsp3) is 0.455. The van der Waals surface area contributed by atoms with E-state index in [-0.39, 0.29) is 18.5 Å². The Balaban J connectivity index is 1.74. The van der Waals surface area contributed by atoms with Gasteiger partial charge in [0.05, 0.1) is 5.60 Å². The van der Waals surface area contributed by atoms with E-state index in [0.717, 1.165) is 35.8 Å². The molecule has 1 saturated carbocycles. The molecule has 0 spiro atoms. The Kier molecular flexibility index (Phi) is 6.14. The van der Waals surface area contributed by atoms with Crippen LogP contribution in [0.2, 0.25) is 0 Å². The summed E-state index contributed by atoms with van der Waals surface area (Å²) in [7, 11) is -3.83. The van der Waals surface area contributed by atoms with Crippen LogP contribution in [-0.4, -0.2) is 45.8 Å². The molecule has 0 unspecified atom stereocenters. The van der Waals surface area contributed by atoms with E-state index in [0.29, 0.717) is 5.92 Å². The number of aryl methyl sites for hydroxylation is 1. The second-order valence-electron chi connectivity index (χ2n) is 8.87. The molecule has 1 aromatic carbocycles. The van der Waals surface area contributed by atoms with Gasteiger partial charge in [0, 0.05) is 25.1 Å². The number of carbonyl (C=O) groups excluding carboxylic acids is 1. The van der Waals surface area contributed by atoms with Gasteiger partial charge in [-0.05, 0) is 61.8 Å². The largest absolute Gasteiger partial charge is 0.390 e. The van der Waals surface area contributed by atoms with Crippen LogP contribution in [0, 0.1) is 0 Å². The van der Waals surface area contributed by atoms with Crippen LogP contribution in [0.25, 0.3) is 11.1 Å². The summed E-state index contributed by atoms with van der Waals surface area (Å²) in [5.41, 5.74) is 3.25. The number of nitrogens with one attached hydrogen (secondary N) is 1. The van der Waals surface area contributed by atoms with Crippen molar-refractivity contribution in [2.24, 2.45) is 0 Å². The van der Waals surface area contributed by atoms with E-state index in [4.69, 9.17) is 5.21 Å². The van der Waals surface area contributed by atoms with Gasteiger partial charge in [0.1, 0.15) is 0 Å². The van der Waals surface area contributed by atoms with Crippen molar-refractivity contribution in [3.05, 3.63) is 58.5 Å². The highest BCUT2D eigenvalue weighted by atomic mass is 32.2. The van der Waals surface area contributed by atoms with Gasteiger partial charge in [-0.15, -0.1) is 0 Å². The number of hydrogen-bond acceptors (Lipinski definition) is 6. The minimum absolute atomic E-state index is 0.00332. The zero-order valence-corrected chi connectivity index (χ0v) is 18.6. The summed E-state index contributed by atoms with van der Waals surface area (Å²) in [5.74, 6) is -0.690. The van der Waals surface area contributed by atoms with Crippen LogP contribution in [0.15, 0.2) is 47.4 Å². The molecule has 0 bridgehead atoms. The number of aromatic nitrogens is 1. The van der Waals surface area contributed by atoms with Gasteiger partial charge < -0.3 is 9.67 Å². The summed E-state index contributed by atoms with van der Waals surface area (Å²) in [6.45, 7) is 3.05. The Morgan fingerprint density at radius 3 is 2.32 bits per heavy atom. The Morgan fingerprint density at radius 1 is 1.23 bits per heavy atom. The molecule has 1 amide bonds. The number of sulfone groups is 1. The number of aliphatic hydroxyl groups is 1. The molecule has 2 aromatic rings. The maximum Gasteiger partial charge on any atom is 0.264 e. The highest BCUT2D eigenvalue weighted by molar-refractivity contribution is 7.92. The summed E-state index contributed by atoms with van der Waals surface area (Å²) >= 11 is 0. The number of benzene rings is 1. The molecule has 1 atom stereocenters. The van der Waals surface area contributed by atoms with Crippen LogP contribution in [0.3, 0.4) is 0 Å². The van der Waals surface area contributed by atoms with Crippen molar-refractivity contribution in [3.63, 3.8) is 0 Å². The second-order valence-corrected chi connectivity index (χ2v) is 11.3. The molecule has 0 radical (unpaired) electrons. The standard InChI is InChI=1S/C22H28N2O6S/c1-21(27)13-18(14-21)16-6-4-15(5-7-16)17-8-10-24(19(25)12-17)11-9-22(2,20(26)23-28)31(3,29)30/h4-8,10,12,18,27-28H,9,11,13-14H2,1-3H3,(H,23,26)/t18-,21-,22-/m1/s1. The molecule has 9 heteroatoms. The minimum Gasteiger partial charge on any atom is -0.390 e. The van der Waals surface area contributed by atoms with Gasteiger partial charge in [0.2, 0.25) is 0 Å². The normalized spacial score (nSPS) is 22.9. The number of rotatable bonds is 7. The van der Waals surface area contributed by atoms with Gasteiger partial charge >= 0.3 is 0 Å². The van der Waals surface area contributed by atoms with Crippen molar-refractivity contribution < 1.29 is 23.5 Å². The zero-order chi connectivity index (χ0) is 23.0. The highest BCUT2D eigenvalue weighted by Crippen LogP contribution is 2.44. The lowest BCUT2D eigenvalue weighted by Gasteiger charge is -2.41. The smallest absolute Gasteiger partial charge is 0.264 e. The molecule has 1 aliphatic carbocycles. The number of pyridine rings is 1. The van der Waals surface area contributed by atoms with E-state index in [1.165, 1.54) is 23.0 Å². The number of hydrogen-bond donors (Lipinski definition) is 3. The predicted octanol–water partition coefficient (Wildman–Crippen LogP) is 1.84. The summed E-state index contributed by atoms with van der Waals surface area (Å²) < 4.78 is 23.6. The molecule has 0 saturated heterocycles. The molecule has 0 aliphatic heterocycles. The lowest BCUT2D eigenvalue weighted by Crippen LogP contribution is -2.49. The average molecular weight is 449 g/mol. The van der Waals surface area contributed by atoms with Gasteiger partial charge in [-0.25, -0.2) is 13.9 Å². The van der Waals surface area contributed by atoms with Crippen molar-refractivity contribution in [2.75, 3.05) is 6.26 Å². The molecule has 8 nitrogen and oxygen atoms in total. The van der Waals surface area contributed by atoms with Crippen LogP contribution < -0.4 is 11.0 Å². The van der Waals surface area contributed by atoms with E-state index < -0.39 is 26.1 Å². The number of amides is 1. The fourth-order valence-electron chi connectivity index (χ4n) is 3.98. The number of hydroxylamine groups is 1. The summed E-state index contributed by atoms with van der Waals surface area (Å²) in [6.07, 6.45) is 3.79. The predicted molar refractivity (Wildman–Crippen MR) is 117 cm³/mol. The lowest BCUT2D eigenvalue weighted by molar-refractivity contribution is -0.131. The maximum absolute atomic E-state index is 12.6. The van der Waals surface area contributed by atoms with Gasteiger partial charge in [-0.2, -0.15) is 0 Å². The van der Waals surface area contributed by atoms with Gasteiger partial charge in [0.15, 0.2) is 14.6 Å². The third kappa shape index (κ3) is 4.73.